The summed E-state index contributed by atoms with van der Waals surface area (Å²) >= 11 is 0. The number of anilines is 2. The van der Waals surface area contributed by atoms with Crippen molar-refractivity contribution in [1.82, 2.24) is 0 Å². The third-order valence-electron chi connectivity index (χ3n) is 3.96. The highest BCUT2D eigenvalue weighted by Gasteiger charge is 2.34. The predicted octanol–water partition coefficient (Wildman–Crippen LogP) is 1.86. The quantitative estimate of drug-likeness (QED) is 0.428. The summed E-state index contributed by atoms with van der Waals surface area (Å²) in [6.45, 7) is 0. The average Bonchev–Trinajstić information content (AvgIpc) is 3.01. The van der Waals surface area contributed by atoms with Gasteiger partial charge in [0.25, 0.3) is 0 Å². The maximum atomic E-state index is 12.3. The number of para-hydroxylation sites is 1. The lowest BCUT2D eigenvalue weighted by Crippen LogP contribution is -2.29. The molecule has 1 N–H and O–H groups in total. The highest BCUT2D eigenvalue weighted by molar-refractivity contribution is 7.73. The van der Waals surface area contributed by atoms with Gasteiger partial charge in [-0.2, -0.15) is 0 Å². The van der Waals surface area contributed by atoms with E-state index in [4.69, 9.17) is 4.74 Å². The van der Waals surface area contributed by atoms with E-state index in [1.54, 1.807) is 30.3 Å². The Morgan fingerprint density at radius 3 is 2.29 bits per heavy atom. The Morgan fingerprint density at radius 1 is 1.07 bits per heavy atom. The summed E-state index contributed by atoms with van der Waals surface area (Å²) in [4.78, 5) is 37.4. The van der Waals surface area contributed by atoms with Gasteiger partial charge in [-0.25, -0.2) is 18.1 Å². The van der Waals surface area contributed by atoms with Gasteiger partial charge in [-0.15, -0.1) is 0 Å². The number of imide groups is 1. The summed E-state index contributed by atoms with van der Waals surface area (Å²) in [6, 6.07) is 10.9. The second-order valence-corrected chi connectivity index (χ2v) is 6.51. The van der Waals surface area contributed by atoms with Gasteiger partial charge in [0, 0.05) is 12.8 Å². The number of esters is 1. The molecule has 2 amide bonds. The number of nitrogens with zero attached hydrogens (tertiary/aromatic N) is 1. The Labute approximate surface area is 161 Å². The van der Waals surface area contributed by atoms with Crippen LogP contribution in [0.1, 0.15) is 23.2 Å². The molecule has 0 aliphatic carbocycles. The fraction of sp³-hybridized carbons (Fsp3) is 0.167. The van der Waals surface area contributed by atoms with Crippen LogP contribution in [0.15, 0.2) is 42.5 Å². The van der Waals surface area contributed by atoms with Gasteiger partial charge in [-0.1, -0.05) is 18.2 Å². The molecule has 1 aliphatic heterocycles. The first-order valence-corrected chi connectivity index (χ1v) is 9.34. The Balaban J connectivity index is 2.23. The number of hydrogen-bond acceptors (Lipinski definition) is 7. The first-order chi connectivity index (χ1) is 13.4. The fourth-order valence-electron chi connectivity index (χ4n) is 2.76. The largest absolute Gasteiger partial charge is 0.465 e. The molecule has 9 nitrogen and oxygen atoms in total. The number of thiol groups is 1. The lowest BCUT2D eigenvalue weighted by Gasteiger charge is -2.21. The zero-order valence-electron chi connectivity index (χ0n) is 14.7. The van der Waals surface area contributed by atoms with Crippen LogP contribution in [0.4, 0.5) is 11.4 Å². The van der Waals surface area contributed by atoms with Crippen LogP contribution in [0.3, 0.4) is 0 Å². The molecule has 0 saturated carbocycles. The SMILES string of the molecule is COC(=O)c1cc(N[SH](=O)=O)c(Oc2ccccc2)c(N2C(=O)CCC2=O)c1. The van der Waals surface area contributed by atoms with E-state index in [-0.39, 0.29) is 35.5 Å². The molecule has 0 unspecified atom stereocenters. The number of ether oxygens (including phenoxy) is 2. The molecule has 28 heavy (non-hydrogen) atoms. The van der Waals surface area contributed by atoms with Crippen molar-refractivity contribution in [2.24, 2.45) is 0 Å². The van der Waals surface area contributed by atoms with E-state index in [2.05, 4.69) is 9.46 Å². The molecule has 146 valence electrons. The minimum absolute atomic E-state index is 0.00461. The lowest BCUT2D eigenvalue weighted by atomic mass is 10.1. The summed E-state index contributed by atoms with van der Waals surface area (Å²) in [7, 11) is -1.96. The van der Waals surface area contributed by atoms with Crippen molar-refractivity contribution in [3.05, 3.63) is 48.0 Å². The predicted molar refractivity (Wildman–Crippen MR) is 100.0 cm³/mol. The van der Waals surface area contributed by atoms with Crippen LogP contribution in [0.5, 0.6) is 11.5 Å². The number of benzene rings is 2. The molecular weight excluding hydrogens is 388 g/mol. The maximum absolute atomic E-state index is 12.3. The molecule has 0 spiro atoms. The van der Waals surface area contributed by atoms with Crippen molar-refractivity contribution in [2.75, 3.05) is 16.7 Å². The third-order valence-corrected chi connectivity index (χ3v) is 4.38. The summed E-state index contributed by atoms with van der Waals surface area (Å²) in [5.41, 5.74) is -0.200. The summed E-state index contributed by atoms with van der Waals surface area (Å²) in [6.07, 6.45) is 0.00921. The van der Waals surface area contributed by atoms with E-state index in [1.807, 2.05) is 0 Å². The molecule has 1 aliphatic rings. The smallest absolute Gasteiger partial charge is 0.338 e. The van der Waals surface area contributed by atoms with Gasteiger partial charge < -0.3 is 9.47 Å². The van der Waals surface area contributed by atoms with Crippen LogP contribution in [0.25, 0.3) is 0 Å². The van der Waals surface area contributed by atoms with Gasteiger partial charge >= 0.3 is 5.97 Å². The second-order valence-electron chi connectivity index (χ2n) is 5.77. The molecule has 0 atom stereocenters. The van der Waals surface area contributed by atoms with E-state index in [0.717, 1.165) is 12.0 Å². The first-order valence-electron chi connectivity index (χ1n) is 8.17. The zero-order valence-corrected chi connectivity index (χ0v) is 15.6. The molecule has 0 aromatic heterocycles. The number of hydrogen-bond donors (Lipinski definition) is 2. The van der Waals surface area contributed by atoms with Crippen molar-refractivity contribution in [2.45, 2.75) is 12.8 Å². The minimum Gasteiger partial charge on any atom is -0.465 e. The number of methoxy groups -OCH3 is 1. The Kier molecular flexibility index (Phi) is 5.59. The zero-order chi connectivity index (χ0) is 20.3. The highest BCUT2D eigenvalue weighted by Crippen LogP contribution is 2.42. The average molecular weight is 404 g/mol. The van der Waals surface area contributed by atoms with Crippen LogP contribution in [-0.2, 0) is 25.2 Å². The van der Waals surface area contributed by atoms with Crippen molar-refractivity contribution in [3.63, 3.8) is 0 Å². The maximum Gasteiger partial charge on any atom is 0.338 e. The molecule has 0 bridgehead atoms. The molecule has 10 heteroatoms. The Morgan fingerprint density at radius 2 is 1.71 bits per heavy atom. The number of carbonyl (C=O) groups excluding carboxylic acids is 3. The van der Waals surface area contributed by atoms with Crippen LogP contribution in [-0.4, -0.2) is 33.3 Å². The van der Waals surface area contributed by atoms with Crippen LogP contribution in [0, 0.1) is 0 Å². The van der Waals surface area contributed by atoms with E-state index >= 15 is 0 Å². The Bertz CT molecular complexity index is 994. The van der Waals surface area contributed by atoms with Gasteiger partial charge in [0.05, 0.1) is 24.0 Å². The number of rotatable bonds is 6. The van der Waals surface area contributed by atoms with Crippen molar-refractivity contribution >= 4 is 40.0 Å². The Hall–Kier alpha value is -3.40. The van der Waals surface area contributed by atoms with Crippen molar-refractivity contribution in [3.8, 4) is 11.5 Å². The molecule has 2 aromatic rings. The standard InChI is InChI=1S/C18H16N2O7S/c1-26-18(23)11-9-13(19-28(24)25)17(27-12-5-3-2-4-6-12)14(10-11)20-15(21)7-8-16(20)22/h2-6,9-10,28H,7-8H2,1H3,(H,19,24,25). The van der Waals surface area contributed by atoms with Crippen molar-refractivity contribution in [1.29, 1.82) is 0 Å². The lowest BCUT2D eigenvalue weighted by molar-refractivity contribution is -0.121. The van der Waals surface area contributed by atoms with Crippen LogP contribution >= 0.6 is 0 Å². The molecule has 2 aromatic carbocycles. The molecule has 0 radical (unpaired) electrons. The summed E-state index contributed by atoms with van der Waals surface area (Å²) < 4.78 is 35.2. The van der Waals surface area contributed by atoms with Gasteiger partial charge in [0.2, 0.25) is 22.7 Å². The van der Waals surface area contributed by atoms with E-state index in [0.29, 0.717) is 5.75 Å². The normalized spacial score (nSPS) is 13.7. The van der Waals surface area contributed by atoms with E-state index in [1.165, 1.54) is 12.1 Å². The number of carbonyl (C=O) groups is 3. The van der Waals surface area contributed by atoms with Crippen LogP contribution in [0.2, 0.25) is 0 Å². The van der Waals surface area contributed by atoms with Gasteiger partial charge in [0.15, 0.2) is 5.75 Å². The molecule has 1 saturated heterocycles. The molecule has 3 rings (SSSR count). The summed E-state index contributed by atoms with van der Waals surface area (Å²) in [5, 5.41) is 0. The van der Waals surface area contributed by atoms with E-state index in [9.17, 15) is 22.8 Å². The van der Waals surface area contributed by atoms with Gasteiger partial charge in [-0.3, -0.25) is 14.3 Å². The van der Waals surface area contributed by atoms with Crippen LogP contribution < -0.4 is 14.4 Å². The third kappa shape index (κ3) is 3.96. The second kappa shape index (κ2) is 8.09. The number of nitrogens with one attached hydrogen (secondary N) is 1. The molecule has 1 fully saturated rings. The highest BCUT2D eigenvalue weighted by atomic mass is 32.2. The molecular formula is C18H16N2O7S. The fourth-order valence-corrected chi connectivity index (χ4v) is 3.12. The first kappa shape index (κ1) is 19.4. The monoisotopic (exact) mass is 404 g/mol. The van der Waals surface area contributed by atoms with E-state index < -0.39 is 28.7 Å². The van der Waals surface area contributed by atoms with Crippen molar-refractivity contribution < 1.29 is 32.3 Å². The van der Waals surface area contributed by atoms with Gasteiger partial charge in [0.1, 0.15) is 5.75 Å². The summed E-state index contributed by atoms with van der Waals surface area (Å²) in [5.74, 6) is -1.47. The minimum atomic E-state index is -3.12. The molecule has 1 heterocycles. The van der Waals surface area contributed by atoms with Gasteiger partial charge in [-0.05, 0) is 24.3 Å². The number of amides is 2. The topological polar surface area (TPSA) is 119 Å².